The first-order valence-corrected chi connectivity index (χ1v) is 9.32. The van der Waals surface area contributed by atoms with Crippen LogP contribution in [0.5, 0.6) is 5.75 Å². The Morgan fingerprint density at radius 3 is 2.69 bits per heavy atom. The van der Waals surface area contributed by atoms with Gasteiger partial charge in [0.2, 0.25) is 0 Å². The Morgan fingerprint density at radius 2 is 1.92 bits per heavy atom. The summed E-state index contributed by atoms with van der Waals surface area (Å²) in [5.41, 5.74) is 2.45. The minimum atomic E-state index is 0.117. The molecule has 1 aromatic carbocycles. The van der Waals surface area contributed by atoms with Crippen LogP contribution >= 0.6 is 0 Å². The van der Waals surface area contributed by atoms with E-state index < -0.39 is 0 Å². The van der Waals surface area contributed by atoms with Gasteiger partial charge in [0, 0.05) is 38.1 Å². The third kappa shape index (κ3) is 3.90. The van der Waals surface area contributed by atoms with Gasteiger partial charge in [-0.25, -0.2) is 0 Å². The first-order chi connectivity index (χ1) is 12.8. The summed E-state index contributed by atoms with van der Waals surface area (Å²) >= 11 is 0. The largest absolute Gasteiger partial charge is 0.497 e. The summed E-state index contributed by atoms with van der Waals surface area (Å²) in [6.07, 6.45) is 6.20. The lowest BCUT2D eigenvalue weighted by atomic mass is 10.0. The molecule has 3 atom stereocenters. The minimum absolute atomic E-state index is 0.117. The van der Waals surface area contributed by atoms with Gasteiger partial charge >= 0.3 is 0 Å². The van der Waals surface area contributed by atoms with Crippen molar-refractivity contribution in [2.75, 3.05) is 20.3 Å². The predicted octanol–water partition coefficient (Wildman–Crippen LogP) is 3.04. The molecule has 2 aromatic rings. The molecule has 1 aromatic heterocycles. The van der Waals surface area contributed by atoms with Crippen molar-refractivity contribution in [3.63, 3.8) is 0 Å². The quantitative estimate of drug-likeness (QED) is 0.798. The van der Waals surface area contributed by atoms with Crippen molar-refractivity contribution in [1.82, 2.24) is 9.88 Å². The van der Waals surface area contributed by atoms with Gasteiger partial charge in [0.15, 0.2) is 0 Å². The van der Waals surface area contributed by atoms with Gasteiger partial charge < -0.3 is 14.2 Å². The van der Waals surface area contributed by atoms with Crippen molar-refractivity contribution >= 4 is 0 Å². The fraction of sp³-hybridized carbons (Fsp3) is 0.476. The Hall–Kier alpha value is -1.95. The van der Waals surface area contributed by atoms with Crippen molar-refractivity contribution in [1.29, 1.82) is 0 Å². The molecule has 0 N–H and O–H groups in total. The zero-order valence-electron chi connectivity index (χ0n) is 15.2. The maximum Gasteiger partial charge on any atom is 0.118 e. The molecule has 0 bridgehead atoms. The SMILES string of the molecule is COc1ccc(CN2C[C@@H](OCc3ccncc3)[C@@H]3OCCC[C@@H]32)cc1. The van der Waals surface area contributed by atoms with E-state index in [1.54, 1.807) is 7.11 Å². The Morgan fingerprint density at radius 1 is 1.12 bits per heavy atom. The maximum absolute atomic E-state index is 6.25. The highest BCUT2D eigenvalue weighted by Gasteiger charge is 2.44. The molecule has 0 spiro atoms. The van der Waals surface area contributed by atoms with E-state index in [-0.39, 0.29) is 12.2 Å². The average Bonchev–Trinajstić information content (AvgIpc) is 3.05. The number of aromatic nitrogens is 1. The fourth-order valence-corrected chi connectivity index (χ4v) is 3.98. The number of hydrogen-bond acceptors (Lipinski definition) is 5. The van der Waals surface area contributed by atoms with Gasteiger partial charge in [-0.05, 0) is 48.2 Å². The smallest absolute Gasteiger partial charge is 0.118 e. The molecule has 2 fully saturated rings. The molecule has 0 radical (unpaired) electrons. The number of likely N-dealkylation sites (tertiary alicyclic amines) is 1. The number of nitrogens with zero attached hydrogens (tertiary/aromatic N) is 2. The summed E-state index contributed by atoms with van der Waals surface area (Å²) in [5, 5.41) is 0. The standard InChI is InChI=1S/C21H26N2O3/c1-24-18-6-4-16(5-7-18)13-23-14-20(21-19(23)3-2-12-25-21)26-15-17-8-10-22-11-9-17/h4-11,19-21H,2-3,12-15H2,1H3/t19-,20+,21+/m0/s1. The van der Waals surface area contributed by atoms with E-state index in [0.717, 1.165) is 37.4 Å². The summed E-state index contributed by atoms with van der Waals surface area (Å²) in [6.45, 7) is 3.28. The molecule has 2 saturated heterocycles. The molecule has 5 nitrogen and oxygen atoms in total. The molecule has 0 saturated carbocycles. The zero-order valence-corrected chi connectivity index (χ0v) is 15.2. The average molecular weight is 354 g/mol. The lowest BCUT2D eigenvalue weighted by Gasteiger charge is -2.32. The molecular formula is C21H26N2O3. The summed E-state index contributed by atoms with van der Waals surface area (Å²) in [7, 11) is 1.70. The second-order valence-corrected chi connectivity index (χ2v) is 7.03. The van der Waals surface area contributed by atoms with Gasteiger partial charge in [-0.3, -0.25) is 9.88 Å². The Bertz CT molecular complexity index is 692. The molecule has 0 aliphatic carbocycles. The predicted molar refractivity (Wildman–Crippen MR) is 99.0 cm³/mol. The maximum atomic E-state index is 6.25. The highest BCUT2D eigenvalue weighted by Crippen LogP contribution is 2.32. The van der Waals surface area contributed by atoms with E-state index in [0.29, 0.717) is 12.6 Å². The number of fused-ring (bicyclic) bond motifs is 1. The van der Waals surface area contributed by atoms with E-state index in [1.165, 1.54) is 12.0 Å². The van der Waals surface area contributed by atoms with Gasteiger partial charge in [0.25, 0.3) is 0 Å². The van der Waals surface area contributed by atoms with E-state index >= 15 is 0 Å². The summed E-state index contributed by atoms with van der Waals surface area (Å²) in [6, 6.07) is 12.8. The van der Waals surface area contributed by atoms with Crippen LogP contribution < -0.4 is 4.74 Å². The van der Waals surface area contributed by atoms with Crippen molar-refractivity contribution in [2.45, 2.75) is 44.2 Å². The molecule has 2 aliphatic rings. The Kier molecular flexibility index (Phi) is 5.48. The third-order valence-electron chi connectivity index (χ3n) is 5.34. The first kappa shape index (κ1) is 17.5. The van der Waals surface area contributed by atoms with Crippen LogP contribution in [-0.4, -0.2) is 48.4 Å². The number of benzene rings is 1. The van der Waals surface area contributed by atoms with E-state index in [4.69, 9.17) is 14.2 Å². The van der Waals surface area contributed by atoms with E-state index in [9.17, 15) is 0 Å². The summed E-state index contributed by atoms with van der Waals surface area (Å²) < 4.78 is 17.6. The molecule has 26 heavy (non-hydrogen) atoms. The molecule has 5 heteroatoms. The van der Waals surface area contributed by atoms with Gasteiger partial charge in [0.1, 0.15) is 11.9 Å². The second-order valence-electron chi connectivity index (χ2n) is 7.03. The van der Waals surface area contributed by atoms with Crippen molar-refractivity contribution in [2.24, 2.45) is 0 Å². The number of methoxy groups -OCH3 is 1. The highest BCUT2D eigenvalue weighted by molar-refractivity contribution is 5.27. The van der Waals surface area contributed by atoms with Crippen LogP contribution in [0.15, 0.2) is 48.8 Å². The normalized spacial score (nSPS) is 25.8. The van der Waals surface area contributed by atoms with Crippen LogP contribution in [0.3, 0.4) is 0 Å². The van der Waals surface area contributed by atoms with Crippen LogP contribution in [0.4, 0.5) is 0 Å². The van der Waals surface area contributed by atoms with Crippen LogP contribution in [-0.2, 0) is 22.6 Å². The fourth-order valence-electron chi connectivity index (χ4n) is 3.98. The molecular weight excluding hydrogens is 328 g/mol. The molecule has 138 valence electrons. The second kappa shape index (κ2) is 8.16. The topological polar surface area (TPSA) is 43.8 Å². The first-order valence-electron chi connectivity index (χ1n) is 9.32. The third-order valence-corrected chi connectivity index (χ3v) is 5.34. The van der Waals surface area contributed by atoms with Gasteiger partial charge in [-0.2, -0.15) is 0 Å². The minimum Gasteiger partial charge on any atom is -0.497 e. The van der Waals surface area contributed by atoms with Gasteiger partial charge in [-0.1, -0.05) is 12.1 Å². The van der Waals surface area contributed by atoms with Crippen molar-refractivity contribution in [3.8, 4) is 5.75 Å². The molecule has 4 rings (SSSR count). The molecule has 3 heterocycles. The lowest BCUT2D eigenvalue weighted by Crippen LogP contribution is -2.41. The Labute approximate surface area is 154 Å². The number of ether oxygens (including phenoxy) is 3. The monoisotopic (exact) mass is 354 g/mol. The molecule has 0 amide bonds. The van der Waals surface area contributed by atoms with Gasteiger partial charge in [0.05, 0.1) is 19.8 Å². The molecule has 2 aliphatic heterocycles. The number of hydrogen-bond donors (Lipinski definition) is 0. The summed E-state index contributed by atoms with van der Waals surface area (Å²) in [5.74, 6) is 0.896. The van der Waals surface area contributed by atoms with Crippen LogP contribution in [0.1, 0.15) is 24.0 Å². The van der Waals surface area contributed by atoms with E-state index in [2.05, 4.69) is 22.0 Å². The van der Waals surface area contributed by atoms with Crippen molar-refractivity contribution in [3.05, 3.63) is 59.9 Å². The van der Waals surface area contributed by atoms with Crippen molar-refractivity contribution < 1.29 is 14.2 Å². The highest BCUT2D eigenvalue weighted by atomic mass is 16.5. The van der Waals surface area contributed by atoms with Crippen LogP contribution in [0.25, 0.3) is 0 Å². The lowest BCUT2D eigenvalue weighted by molar-refractivity contribution is -0.0819. The number of rotatable bonds is 6. The zero-order chi connectivity index (χ0) is 17.8. The molecule has 0 unspecified atom stereocenters. The Balaban J connectivity index is 1.42. The van der Waals surface area contributed by atoms with Crippen LogP contribution in [0.2, 0.25) is 0 Å². The number of pyridine rings is 1. The van der Waals surface area contributed by atoms with Gasteiger partial charge in [-0.15, -0.1) is 0 Å². The van der Waals surface area contributed by atoms with Crippen LogP contribution in [0, 0.1) is 0 Å². The summed E-state index contributed by atoms with van der Waals surface area (Å²) in [4.78, 5) is 6.58. The van der Waals surface area contributed by atoms with E-state index in [1.807, 2.05) is 36.7 Å².